The first-order chi connectivity index (χ1) is 19.7. The highest BCUT2D eigenvalue weighted by atomic mass is 16.3. The molecule has 1 heterocycles. The van der Waals surface area contributed by atoms with E-state index in [1.54, 1.807) is 11.1 Å². The zero-order valence-corrected chi connectivity index (χ0v) is 28.3. The van der Waals surface area contributed by atoms with Crippen molar-refractivity contribution in [1.82, 2.24) is 15.5 Å². The molecule has 42 heavy (non-hydrogen) atoms. The predicted molar refractivity (Wildman–Crippen MR) is 172 cm³/mol. The van der Waals surface area contributed by atoms with Gasteiger partial charge in [-0.2, -0.15) is 0 Å². The third kappa shape index (κ3) is 4.60. The molecule has 0 aromatic carbocycles. The molecule has 1 amide bonds. The third-order valence-corrected chi connectivity index (χ3v) is 15.1. The number of nitrogens with one attached hydrogen (secondary N) is 2. The van der Waals surface area contributed by atoms with Crippen molar-refractivity contribution in [2.75, 3.05) is 39.3 Å². The molecule has 1 aliphatic heterocycles. The SMILES string of the molecule is CC1(C)CC[C@]2(C(=O)NCCCN3CCNCC3)CC[C@]3(C)C(=C2C1)CCC1[C@@]2(C)CC[C@H](O)C(C)(C)[C@@H]2CC[C@]13C. The monoisotopic (exact) mass is 581 g/mol. The molecule has 5 heteroatoms. The van der Waals surface area contributed by atoms with E-state index >= 15 is 0 Å². The maximum atomic E-state index is 14.3. The highest BCUT2D eigenvalue weighted by Gasteiger charge is 2.68. The molecule has 5 aliphatic carbocycles. The third-order valence-electron chi connectivity index (χ3n) is 15.1. The Morgan fingerprint density at radius 3 is 2.33 bits per heavy atom. The van der Waals surface area contributed by atoms with Crippen molar-refractivity contribution in [1.29, 1.82) is 0 Å². The number of fused-ring (bicyclic) bond motifs is 6. The van der Waals surface area contributed by atoms with Crippen LogP contribution in [-0.2, 0) is 4.79 Å². The van der Waals surface area contributed by atoms with Gasteiger partial charge in [-0.05, 0) is 123 Å². The molecule has 3 N–H and O–H groups in total. The maximum absolute atomic E-state index is 14.3. The number of nitrogens with zero attached hydrogens (tertiary/aromatic N) is 1. The minimum absolute atomic E-state index is 0.00787. The molecule has 238 valence electrons. The van der Waals surface area contributed by atoms with Gasteiger partial charge in [0.15, 0.2) is 0 Å². The predicted octanol–water partition coefficient (Wildman–Crippen LogP) is 6.70. The fourth-order valence-electron chi connectivity index (χ4n) is 12.2. The first-order valence-electron chi connectivity index (χ1n) is 17.8. The highest BCUT2D eigenvalue weighted by Crippen LogP contribution is 2.75. The van der Waals surface area contributed by atoms with Gasteiger partial charge in [-0.25, -0.2) is 0 Å². The van der Waals surface area contributed by atoms with Gasteiger partial charge in [0.05, 0.1) is 11.5 Å². The van der Waals surface area contributed by atoms with Crippen LogP contribution in [0.15, 0.2) is 11.1 Å². The molecule has 5 nitrogen and oxygen atoms in total. The lowest BCUT2D eigenvalue weighted by molar-refractivity contribution is -0.204. The lowest BCUT2D eigenvalue weighted by atomic mass is 9.34. The van der Waals surface area contributed by atoms with Crippen LogP contribution < -0.4 is 10.6 Å². The normalized spacial score (nSPS) is 44.8. The Labute approximate surface area is 257 Å². The largest absolute Gasteiger partial charge is 0.393 e. The topological polar surface area (TPSA) is 64.6 Å². The molecule has 4 saturated carbocycles. The van der Waals surface area contributed by atoms with E-state index in [9.17, 15) is 9.90 Å². The molecule has 7 atom stereocenters. The standard InChI is InChI=1S/C37H63N3O2/c1-32(2)15-17-37(31(42)39-19-8-22-40-23-20-38-21-24-40)18-16-35(6)26(27(37)25-32)9-10-29-34(5)13-12-30(41)33(3,4)28(34)11-14-36(29,35)7/h28-30,38,41H,8-25H2,1-7H3,(H,39,42)/t28-,29?,30-,34-,35+,36+,37-/m0/s1. The van der Waals surface area contributed by atoms with Gasteiger partial charge in [0.25, 0.3) is 0 Å². The van der Waals surface area contributed by atoms with Crippen molar-refractivity contribution in [2.24, 2.45) is 44.3 Å². The van der Waals surface area contributed by atoms with Gasteiger partial charge in [0, 0.05) is 32.7 Å². The molecule has 0 bridgehead atoms. The molecule has 0 radical (unpaired) electrons. The fourth-order valence-corrected chi connectivity index (χ4v) is 12.2. The number of piperazine rings is 1. The summed E-state index contributed by atoms with van der Waals surface area (Å²) >= 11 is 0. The van der Waals surface area contributed by atoms with E-state index in [0.29, 0.717) is 17.7 Å². The van der Waals surface area contributed by atoms with Crippen molar-refractivity contribution >= 4 is 5.91 Å². The molecule has 6 aliphatic rings. The summed E-state index contributed by atoms with van der Waals surface area (Å²) in [5.41, 5.74) is 3.94. The van der Waals surface area contributed by atoms with Crippen LogP contribution in [0.2, 0.25) is 0 Å². The van der Waals surface area contributed by atoms with Crippen LogP contribution >= 0.6 is 0 Å². The van der Waals surface area contributed by atoms with Gasteiger partial charge < -0.3 is 20.6 Å². The van der Waals surface area contributed by atoms with E-state index in [4.69, 9.17) is 0 Å². The van der Waals surface area contributed by atoms with Crippen LogP contribution in [0.1, 0.15) is 126 Å². The second-order valence-electron chi connectivity index (χ2n) is 17.9. The first-order valence-corrected chi connectivity index (χ1v) is 17.8. The minimum atomic E-state index is -0.291. The Hall–Kier alpha value is -0.910. The summed E-state index contributed by atoms with van der Waals surface area (Å²) in [5, 5.41) is 18.0. The lowest BCUT2D eigenvalue weighted by Crippen LogP contribution is -2.64. The fraction of sp³-hybridized carbons (Fsp3) is 0.919. The van der Waals surface area contributed by atoms with E-state index in [0.717, 1.165) is 90.6 Å². The number of aliphatic hydroxyl groups is 1. The first kappa shape index (κ1) is 31.1. The van der Waals surface area contributed by atoms with Gasteiger partial charge in [0.1, 0.15) is 0 Å². The van der Waals surface area contributed by atoms with Crippen molar-refractivity contribution in [3.8, 4) is 0 Å². The summed E-state index contributed by atoms with van der Waals surface area (Å²) in [5.74, 6) is 1.62. The number of amides is 1. The second-order valence-corrected chi connectivity index (χ2v) is 17.9. The Morgan fingerprint density at radius 1 is 0.881 bits per heavy atom. The van der Waals surface area contributed by atoms with Gasteiger partial charge in [-0.3, -0.25) is 4.79 Å². The zero-order valence-electron chi connectivity index (χ0n) is 28.3. The second kappa shape index (κ2) is 10.6. The number of hydrogen-bond acceptors (Lipinski definition) is 4. The smallest absolute Gasteiger partial charge is 0.230 e. The quantitative estimate of drug-likeness (QED) is 0.250. The number of carbonyl (C=O) groups is 1. The Bertz CT molecular complexity index is 1090. The van der Waals surface area contributed by atoms with Crippen LogP contribution in [0.3, 0.4) is 0 Å². The molecule has 0 aromatic heterocycles. The van der Waals surface area contributed by atoms with E-state index in [-0.39, 0.29) is 38.6 Å². The van der Waals surface area contributed by atoms with Crippen LogP contribution in [0.25, 0.3) is 0 Å². The number of allylic oxidation sites excluding steroid dienone is 1. The van der Waals surface area contributed by atoms with Gasteiger partial charge >= 0.3 is 0 Å². The number of carbonyl (C=O) groups excluding carboxylic acids is 1. The summed E-state index contributed by atoms with van der Waals surface area (Å²) in [4.78, 5) is 16.8. The Balaban J connectivity index is 1.28. The molecule has 0 aromatic rings. The number of aliphatic hydroxyl groups excluding tert-OH is 1. The van der Waals surface area contributed by atoms with Crippen molar-refractivity contribution in [2.45, 2.75) is 132 Å². The average Bonchev–Trinajstić information content (AvgIpc) is 2.94. The van der Waals surface area contributed by atoms with Gasteiger partial charge in [0.2, 0.25) is 5.91 Å². The summed E-state index contributed by atoms with van der Waals surface area (Å²) in [6, 6.07) is 0. The van der Waals surface area contributed by atoms with Gasteiger partial charge in [-0.1, -0.05) is 59.6 Å². The molecule has 5 fully saturated rings. The summed E-state index contributed by atoms with van der Waals surface area (Å²) in [6.07, 6.45) is 13.3. The Morgan fingerprint density at radius 2 is 1.60 bits per heavy atom. The molecule has 1 saturated heterocycles. The lowest BCUT2D eigenvalue weighted by Gasteiger charge is -2.71. The van der Waals surface area contributed by atoms with Crippen LogP contribution in [0, 0.1) is 44.3 Å². The van der Waals surface area contributed by atoms with E-state index in [1.807, 2.05) is 0 Å². The number of rotatable bonds is 5. The van der Waals surface area contributed by atoms with Gasteiger partial charge in [-0.15, -0.1) is 0 Å². The van der Waals surface area contributed by atoms with Crippen molar-refractivity contribution in [3.63, 3.8) is 0 Å². The van der Waals surface area contributed by atoms with E-state index in [1.165, 1.54) is 25.7 Å². The zero-order chi connectivity index (χ0) is 30.2. The summed E-state index contributed by atoms with van der Waals surface area (Å²) in [7, 11) is 0. The molecule has 6 rings (SSSR count). The summed E-state index contributed by atoms with van der Waals surface area (Å²) in [6.45, 7) is 23.8. The number of hydrogen-bond donors (Lipinski definition) is 3. The van der Waals surface area contributed by atoms with Crippen molar-refractivity contribution < 1.29 is 9.90 Å². The Kier molecular flexibility index (Phi) is 7.83. The minimum Gasteiger partial charge on any atom is -0.393 e. The van der Waals surface area contributed by atoms with Crippen LogP contribution in [0.5, 0.6) is 0 Å². The summed E-state index contributed by atoms with van der Waals surface area (Å²) < 4.78 is 0. The molecule has 0 spiro atoms. The van der Waals surface area contributed by atoms with Crippen LogP contribution in [0.4, 0.5) is 0 Å². The van der Waals surface area contributed by atoms with Crippen molar-refractivity contribution in [3.05, 3.63) is 11.1 Å². The highest BCUT2D eigenvalue weighted by molar-refractivity contribution is 5.87. The van der Waals surface area contributed by atoms with E-state index < -0.39 is 0 Å². The average molecular weight is 582 g/mol. The molecule has 1 unspecified atom stereocenters. The molecular formula is C37H63N3O2. The van der Waals surface area contributed by atoms with Crippen LogP contribution in [-0.4, -0.2) is 61.3 Å². The maximum Gasteiger partial charge on any atom is 0.230 e. The molecular weight excluding hydrogens is 518 g/mol. The van der Waals surface area contributed by atoms with E-state index in [2.05, 4.69) is 64.0 Å².